The second-order valence-corrected chi connectivity index (χ2v) is 5.25. The molecule has 2 heterocycles. The third-order valence-corrected chi connectivity index (χ3v) is 3.63. The molecule has 132 valence electrons. The van der Waals surface area contributed by atoms with Gasteiger partial charge in [0, 0.05) is 32.7 Å². The quantitative estimate of drug-likeness (QED) is 0.613. The van der Waals surface area contributed by atoms with Crippen LogP contribution in [0.25, 0.3) is 0 Å². The predicted octanol–water partition coefficient (Wildman–Crippen LogP) is 1.49. The summed E-state index contributed by atoms with van der Waals surface area (Å²) >= 11 is 0. The molecule has 0 aliphatic carbocycles. The fourth-order valence-corrected chi connectivity index (χ4v) is 2.46. The number of piperazine rings is 1. The minimum absolute atomic E-state index is 0.129. The molecule has 10 nitrogen and oxygen atoms in total. The highest BCUT2D eigenvalue weighted by Gasteiger charge is 2.30. The highest BCUT2D eigenvalue weighted by Crippen LogP contribution is 2.32. The van der Waals surface area contributed by atoms with Gasteiger partial charge in [-0.15, -0.1) is 0 Å². The van der Waals surface area contributed by atoms with Gasteiger partial charge in [-0.2, -0.15) is 0 Å². The number of amides is 1. The van der Waals surface area contributed by atoms with Crippen molar-refractivity contribution in [2.75, 3.05) is 49.5 Å². The number of carbonyl (C=O) groups excluding carboxylic acids is 1. The van der Waals surface area contributed by atoms with Crippen molar-refractivity contribution >= 4 is 23.4 Å². The summed E-state index contributed by atoms with van der Waals surface area (Å²) in [5, 5.41) is 14.4. The molecular weight excluding hydrogens is 316 g/mol. The minimum atomic E-state index is -0.467. The minimum Gasteiger partial charge on any atom is -0.450 e. The molecule has 0 unspecified atom stereocenters. The number of hydrogen-bond acceptors (Lipinski definition) is 8. The molecule has 0 radical (unpaired) electrons. The molecule has 1 aromatic heterocycles. The van der Waals surface area contributed by atoms with Crippen LogP contribution in [-0.2, 0) is 4.74 Å². The van der Waals surface area contributed by atoms with Gasteiger partial charge in [0.15, 0.2) is 0 Å². The Bertz CT molecular complexity index is 589. The second kappa shape index (κ2) is 8.27. The van der Waals surface area contributed by atoms with E-state index in [1.165, 1.54) is 6.33 Å². The Hall–Kier alpha value is -2.65. The lowest BCUT2D eigenvalue weighted by Gasteiger charge is -2.34. The fraction of sp³-hybridized carbons (Fsp3) is 0.643. The number of nitrogens with one attached hydrogen (secondary N) is 1. The lowest BCUT2D eigenvalue weighted by atomic mass is 10.3. The second-order valence-electron chi connectivity index (χ2n) is 5.25. The first-order valence-electron chi connectivity index (χ1n) is 7.98. The molecule has 1 N–H and O–H groups in total. The average Bonchev–Trinajstić information content (AvgIpc) is 2.59. The van der Waals surface area contributed by atoms with Crippen LogP contribution in [0.2, 0.25) is 0 Å². The number of nitro groups is 1. The zero-order valence-corrected chi connectivity index (χ0v) is 13.9. The molecule has 1 amide bonds. The maximum absolute atomic E-state index is 11.7. The van der Waals surface area contributed by atoms with Crippen LogP contribution in [0.15, 0.2) is 6.33 Å². The molecule has 24 heavy (non-hydrogen) atoms. The Labute approximate surface area is 140 Å². The van der Waals surface area contributed by atoms with E-state index in [-0.39, 0.29) is 23.4 Å². The van der Waals surface area contributed by atoms with Gasteiger partial charge >= 0.3 is 11.8 Å². The SMILES string of the molecule is CCCNc1ncnc(N2CCN(C(=O)OCC)CC2)c1[N+](=O)[O-]. The first-order valence-corrected chi connectivity index (χ1v) is 7.98. The van der Waals surface area contributed by atoms with E-state index in [0.29, 0.717) is 39.3 Å². The zero-order valence-electron chi connectivity index (χ0n) is 13.9. The van der Waals surface area contributed by atoms with E-state index in [9.17, 15) is 14.9 Å². The molecule has 0 atom stereocenters. The monoisotopic (exact) mass is 338 g/mol. The van der Waals surface area contributed by atoms with Crippen LogP contribution in [0.4, 0.5) is 22.1 Å². The standard InChI is InChI=1S/C14H22N6O4/c1-3-5-15-12-11(20(22)23)13(17-10-16-12)18-6-8-19(9-7-18)14(21)24-4-2/h10H,3-9H2,1-2H3,(H,15,16,17). The Morgan fingerprint density at radius 3 is 2.62 bits per heavy atom. The number of ether oxygens (including phenoxy) is 1. The Kier molecular flexibility index (Phi) is 6.10. The summed E-state index contributed by atoms with van der Waals surface area (Å²) in [6.07, 6.45) is 1.78. The summed E-state index contributed by atoms with van der Waals surface area (Å²) in [6.45, 7) is 6.39. The predicted molar refractivity (Wildman–Crippen MR) is 88.3 cm³/mol. The number of hydrogen-bond donors (Lipinski definition) is 1. The van der Waals surface area contributed by atoms with Crippen molar-refractivity contribution in [3.63, 3.8) is 0 Å². The van der Waals surface area contributed by atoms with Crippen LogP contribution in [0, 0.1) is 10.1 Å². The Morgan fingerprint density at radius 1 is 1.33 bits per heavy atom. The van der Waals surface area contributed by atoms with Gasteiger partial charge in [-0.3, -0.25) is 10.1 Å². The third-order valence-electron chi connectivity index (χ3n) is 3.63. The van der Waals surface area contributed by atoms with Gasteiger partial charge in [-0.25, -0.2) is 14.8 Å². The van der Waals surface area contributed by atoms with E-state index in [1.54, 1.807) is 16.7 Å². The van der Waals surface area contributed by atoms with Gasteiger partial charge < -0.3 is 19.9 Å². The smallest absolute Gasteiger partial charge is 0.409 e. The van der Waals surface area contributed by atoms with Crippen molar-refractivity contribution in [3.05, 3.63) is 16.4 Å². The molecular formula is C14H22N6O4. The molecule has 2 rings (SSSR count). The van der Waals surface area contributed by atoms with Crippen LogP contribution in [-0.4, -0.2) is 65.2 Å². The topological polar surface area (TPSA) is 114 Å². The van der Waals surface area contributed by atoms with Gasteiger partial charge in [0.25, 0.3) is 0 Å². The zero-order chi connectivity index (χ0) is 17.5. The maximum atomic E-state index is 11.7. The fourth-order valence-electron chi connectivity index (χ4n) is 2.46. The number of carbonyl (C=O) groups is 1. The van der Waals surface area contributed by atoms with E-state index < -0.39 is 4.92 Å². The number of aromatic nitrogens is 2. The molecule has 1 aromatic rings. The first-order chi connectivity index (χ1) is 11.6. The molecule has 1 aliphatic rings. The van der Waals surface area contributed by atoms with E-state index in [4.69, 9.17) is 4.74 Å². The largest absolute Gasteiger partial charge is 0.450 e. The van der Waals surface area contributed by atoms with Crippen LogP contribution < -0.4 is 10.2 Å². The normalized spacial score (nSPS) is 14.4. The molecule has 10 heteroatoms. The molecule has 0 saturated carbocycles. The van der Waals surface area contributed by atoms with E-state index >= 15 is 0 Å². The summed E-state index contributed by atoms with van der Waals surface area (Å²) in [4.78, 5) is 34.2. The summed E-state index contributed by atoms with van der Waals surface area (Å²) in [6, 6.07) is 0. The lowest BCUT2D eigenvalue weighted by molar-refractivity contribution is -0.383. The Morgan fingerprint density at radius 2 is 2.04 bits per heavy atom. The van der Waals surface area contributed by atoms with Crippen molar-refractivity contribution < 1.29 is 14.5 Å². The van der Waals surface area contributed by atoms with Crippen molar-refractivity contribution in [2.24, 2.45) is 0 Å². The first kappa shape index (κ1) is 17.7. The maximum Gasteiger partial charge on any atom is 0.409 e. The van der Waals surface area contributed by atoms with Crippen molar-refractivity contribution in [1.29, 1.82) is 0 Å². The van der Waals surface area contributed by atoms with Crippen molar-refractivity contribution in [3.8, 4) is 0 Å². The van der Waals surface area contributed by atoms with E-state index in [1.807, 2.05) is 6.92 Å². The van der Waals surface area contributed by atoms with Crippen molar-refractivity contribution in [2.45, 2.75) is 20.3 Å². The number of nitrogens with zero attached hydrogens (tertiary/aromatic N) is 5. The number of rotatable bonds is 6. The van der Waals surface area contributed by atoms with Gasteiger partial charge in [0.2, 0.25) is 11.6 Å². The number of anilines is 2. The van der Waals surface area contributed by atoms with Crippen molar-refractivity contribution in [1.82, 2.24) is 14.9 Å². The molecule has 1 saturated heterocycles. The van der Waals surface area contributed by atoms with Gasteiger partial charge in [0.1, 0.15) is 6.33 Å². The molecule has 1 aliphatic heterocycles. The summed E-state index contributed by atoms with van der Waals surface area (Å²) in [5.74, 6) is 0.497. The third kappa shape index (κ3) is 4.00. The highest BCUT2D eigenvalue weighted by atomic mass is 16.6. The summed E-state index contributed by atoms with van der Waals surface area (Å²) in [5.41, 5.74) is -0.129. The Balaban J connectivity index is 2.15. The molecule has 0 spiro atoms. The van der Waals surface area contributed by atoms with Crippen LogP contribution >= 0.6 is 0 Å². The average molecular weight is 338 g/mol. The molecule has 1 fully saturated rings. The van der Waals surface area contributed by atoms with Crippen LogP contribution in [0.5, 0.6) is 0 Å². The van der Waals surface area contributed by atoms with E-state index in [2.05, 4.69) is 15.3 Å². The highest BCUT2D eigenvalue weighted by molar-refractivity contribution is 5.71. The van der Waals surface area contributed by atoms with Gasteiger partial charge in [-0.05, 0) is 13.3 Å². The van der Waals surface area contributed by atoms with Gasteiger partial charge in [-0.1, -0.05) is 6.92 Å². The van der Waals surface area contributed by atoms with Crippen LogP contribution in [0.3, 0.4) is 0 Å². The molecule has 0 aromatic carbocycles. The van der Waals surface area contributed by atoms with Gasteiger partial charge in [0.05, 0.1) is 11.5 Å². The molecule has 0 bridgehead atoms. The lowest BCUT2D eigenvalue weighted by Crippen LogP contribution is -2.49. The van der Waals surface area contributed by atoms with Crippen LogP contribution in [0.1, 0.15) is 20.3 Å². The summed E-state index contributed by atoms with van der Waals surface area (Å²) in [7, 11) is 0. The summed E-state index contributed by atoms with van der Waals surface area (Å²) < 4.78 is 4.97. The van der Waals surface area contributed by atoms with E-state index in [0.717, 1.165) is 6.42 Å².